The topological polar surface area (TPSA) is 122 Å². The Morgan fingerprint density at radius 3 is 2.48 bits per heavy atom. The molecule has 3 rings (SSSR count). The first-order chi connectivity index (χ1) is 14.7. The molecule has 166 valence electrons. The zero-order chi connectivity index (χ0) is 22.6. The number of hydrogen-bond acceptors (Lipinski definition) is 7. The van der Waals surface area contributed by atoms with Gasteiger partial charge in [0.15, 0.2) is 0 Å². The largest absolute Gasteiger partial charge is 0.465 e. The summed E-state index contributed by atoms with van der Waals surface area (Å²) in [7, 11) is -2.48. The number of nitrogens with zero attached hydrogens (tertiary/aromatic N) is 2. The highest BCUT2D eigenvalue weighted by atomic mass is 32.2. The molecule has 31 heavy (non-hydrogen) atoms. The minimum atomic E-state index is -3.83. The highest BCUT2D eigenvalue weighted by Gasteiger charge is 2.25. The molecular formula is C21H26N4O5S. The van der Waals surface area contributed by atoms with E-state index in [1.165, 1.54) is 25.3 Å². The number of carbonyl (C=O) groups excluding carboxylic acids is 2. The number of amides is 1. The highest BCUT2D eigenvalue weighted by molar-refractivity contribution is 7.89. The van der Waals surface area contributed by atoms with Crippen LogP contribution in [-0.4, -0.2) is 64.5 Å². The maximum absolute atomic E-state index is 12.5. The van der Waals surface area contributed by atoms with Gasteiger partial charge in [-0.15, -0.1) is 0 Å². The molecule has 0 bridgehead atoms. The van der Waals surface area contributed by atoms with Crippen LogP contribution in [0.5, 0.6) is 0 Å². The molecule has 2 aromatic rings. The van der Waals surface area contributed by atoms with E-state index in [0.717, 1.165) is 18.8 Å². The average molecular weight is 447 g/mol. The lowest BCUT2D eigenvalue weighted by Gasteiger charge is -2.40. The van der Waals surface area contributed by atoms with E-state index < -0.39 is 10.0 Å². The van der Waals surface area contributed by atoms with Crippen molar-refractivity contribution < 1.29 is 22.7 Å². The molecule has 0 radical (unpaired) electrons. The molecule has 2 aromatic carbocycles. The molecule has 0 aromatic heterocycles. The third kappa shape index (κ3) is 5.81. The van der Waals surface area contributed by atoms with Crippen LogP contribution in [0.15, 0.2) is 53.4 Å². The lowest BCUT2D eigenvalue weighted by atomic mass is 10.1. The van der Waals surface area contributed by atoms with E-state index in [2.05, 4.69) is 15.1 Å². The van der Waals surface area contributed by atoms with Crippen molar-refractivity contribution in [2.24, 2.45) is 5.14 Å². The Labute approximate surface area is 181 Å². The van der Waals surface area contributed by atoms with Crippen molar-refractivity contribution >= 4 is 33.3 Å². The summed E-state index contributed by atoms with van der Waals surface area (Å²) < 4.78 is 27.7. The average Bonchev–Trinajstić information content (AvgIpc) is 2.74. The molecule has 1 fully saturated rings. The number of carbonyl (C=O) groups is 2. The molecule has 1 heterocycles. The maximum Gasteiger partial charge on any atom is 0.337 e. The number of methoxy groups -OCH3 is 1. The monoisotopic (exact) mass is 446 g/mol. The molecule has 3 N–H and O–H groups in total. The molecule has 9 nitrogen and oxygen atoms in total. The van der Waals surface area contributed by atoms with Crippen molar-refractivity contribution in [3.63, 3.8) is 0 Å². The Balaban J connectivity index is 1.56. The standard InChI is InChI=1S/C21H26N4O5S/c1-15-13-25(18-8-6-16(7-9-18)21(27)30-2)11-10-24(15)14-20(26)23-17-4-3-5-19(12-17)31(22,28)29/h3-9,12,15H,10-11,13-14H2,1-2H3,(H,23,26)(H2,22,28,29). The number of primary sulfonamides is 1. The molecule has 0 aliphatic carbocycles. The van der Waals surface area contributed by atoms with Gasteiger partial charge in [-0.1, -0.05) is 6.07 Å². The zero-order valence-electron chi connectivity index (χ0n) is 17.4. The van der Waals surface area contributed by atoms with Gasteiger partial charge in [0, 0.05) is 37.1 Å². The fourth-order valence-corrected chi connectivity index (χ4v) is 4.09. The van der Waals surface area contributed by atoms with E-state index in [1.54, 1.807) is 18.2 Å². The lowest BCUT2D eigenvalue weighted by molar-refractivity contribution is -0.117. The van der Waals surface area contributed by atoms with E-state index in [-0.39, 0.29) is 29.4 Å². The van der Waals surface area contributed by atoms with Gasteiger partial charge in [-0.3, -0.25) is 9.69 Å². The van der Waals surface area contributed by atoms with Crippen LogP contribution >= 0.6 is 0 Å². The summed E-state index contributed by atoms with van der Waals surface area (Å²) in [6.45, 7) is 4.38. The third-order valence-corrected chi connectivity index (χ3v) is 6.12. The van der Waals surface area contributed by atoms with Crippen LogP contribution in [0.4, 0.5) is 11.4 Å². The van der Waals surface area contributed by atoms with Crippen molar-refractivity contribution in [1.29, 1.82) is 0 Å². The smallest absolute Gasteiger partial charge is 0.337 e. The van der Waals surface area contributed by atoms with Crippen LogP contribution < -0.4 is 15.4 Å². The summed E-state index contributed by atoms with van der Waals surface area (Å²) in [5.41, 5.74) is 1.89. The molecule has 1 saturated heterocycles. The van der Waals surface area contributed by atoms with E-state index in [9.17, 15) is 18.0 Å². The van der Waals surface area contributed by atoms with Gasteiger partial charge in [-0.25, -0.2) is 18.4 Å². The van der Waals surface area contributed by atoms with Gasteiger partial charge in [0.25, 0.3) is 0 Å². The second-order valence-electron chi connectivity index (χ2n) is 7.42. The van der Waals surface area contributed by atoms with Gasteiger partial charge in [0.2, 0.25) is 15.9 Å². The molecule has 1 atom stereocenters. The number of hydrogen-bond donors (Lipinski definition) is 2. The predicted molar refractivity (Wildman–Crippen MR) is 117 cm³/mol. The van der Waals surface area contributed by atoms with Crippen LogP contribution in [0, 0.1) is 0 Å². The maximum atomic E-state index is 12.5. The summed E-state index contributed by atoms with van der Waals surface area (Å²) in [4.78, 5) is 28.3. The van der Waals surface area contributed by atoms with Gasteiger partial charge in [0.1, 0.15) is 0 Å². The molecule has 0 spiro atoms. The van der Waals surface area contributed by atoms with Crippen molar-refractivity contribution in [3.05, 3.63) is 54.1 Å². The minimum Gasteiger partial charge on any atom is -0.465 e. The number of anilines is 2. The quantitative estimate of drug-likeness (QED) is 0.641. The minimum absolute atomic E-state index is 0.0505. The van der Waals surface area contributed by atoms with Gasteiger partial charge in [-0.05, 0) is 49.4 Å². The van der Waals surface area contributed by atoms with Crippen molar-refractivity contribution in [2.75, 3.05) is 43.5 Å². The van der Waals surface area contributed by atoms with Gasteiger partial charge in [0.05, 0.1) is 24.1 Å². The van der Waals surface area contributed by atoms with E-state index >= 15 is 0 Å². The normalized spacial score (nSPS) is 17.3. The van der Waals surface area contributed by atoms with E-state index in [4.69, 9.17) is 9.88 Å². The molecule has 1 amide bonds. The van der Waals surface area contributed by atoms with Crippen LogP contribution in [0.3, 0.4) is 0 Å². The lowest BCUT2D eigenvalue weighted by Crippen LogP contribution is -2.53. The fourth-order valence-electron chi connectivity index (χ4n) is 3.53. The molecule has 10 heteroatoms. The number of ether oxygens (including phenoxy) is 1. The van der Waals surface area contributed by atoms with Crippen LogP contribution in [-0.2, 0) is 19.6 Å². The first-order valence-corrected chi connectivity index (χ1v) is 11.3. The third-order valence-electron chi connectivity index (χ3n) is 5.21. The highest BCUT2D eigenvalue weighted by Crippen LogP contribution is 2.20. The summed E-state index contributed by atoms with van der Waals surface area (Å²) in [6, 6.07) is 13.2. The summed E-state index contributed by atoms with van der Waals surface area (Å²) in [5, 5.41) is 7.87. The molecule has 1 unspecified atom stereocenters. The number of nitrogens with two attached hydrogens (primary N) is 1. The summed E-state index contributed by atoms with van der Waals surface area (Å²) >= 11 is 0. The number of benzene rings is 2. The van der Waals surface area contributed by atoms with Crippen LogP contribution in [0.25, 0.3) is 0 Å². The van der Waals surface area contributed by atoms with Crippen molar-refractivity contribution in [1.82, 2.24) is 4.90 Å². The Bertz CT molecular complexity index is 1060. The Morgan fingerprint density at radius 2 is 1.87 bits per heavy atom. The first kappa shape index (κ1) is 22.7. The Morgan fingerprint density at radius 1 is 1.16 bits per heavy atom. The van der Waals surface area contributed by atoms with Gasteiger partial charge >= 0.3 is 5.97 Å². The predicted octanol–water partition coefficient (Wildman–Crippen LogP) is 1.27. The zero-order valence-corrected chi connectivity index (χ0v) is 18.3. The molecule has 1 aliphatic rings. The summed E-state index contributed by atoms with van der Waals surface area (Å²) in [5.74, 6) is -0.598. The van der Waals surface area contributed by atoms with Gasteiger partial charge in [-0.2, -0.15) is 0 Å². The van der Waals surface area contributed by atoms with Crippen LogP contribution in [0.2, 0.25) is 0 Å². The molecule has 0 saturated carbocycles. The number of piperazine rings is 1. The number of esters is 1. The van der Waals surface area contributed by atoms with Crippen molar-refractivity contribution in [2.45, 2.75) is 17.9 Å². The number of sulfonamides is 1. The van der Waals surface area contributed by atoms with Crippen molar-refractivity contribution in [3.8, 4) is 0 Å². The Hall–Kier alpha value is -2.95. The van der Waals surface area contributed by atoms with E-state index in [1.807, 2.05) is 19.1 Å². The SMILES string of the molecule is COC(=O)c1ccc(N2CCN(CC(=O)Nc3cccc(S(N)(=O)=O)c3)C(C)C2)cc1. The summed E-state index contributed by atoms with van der Waals surface area (Å²) in [6.07, 6.45) is 0. The Kier molecular flexibility index (Phi) is 6.94. The van der Waals surface area contributed by atoms with Gasteiger partial charge < -0.3 is 15.0 Å². The molecular weight excluding hydrogens is 420 g/mol. The second-order valence-corrected chi connectivity index (χ2v) is 8.99. The van der Waals surface area contributed by atoms with Crippen LogP contribution in [0.1, 0.15) is 17.3 Å². The fraction of sp³-hybridized carbons (Fsp3) is 0.333. The first-order valence-electron chi connectivity index (χ1n) is 9.77. The second kappa shape index (κ2) is 9.46. The van der Waals surface area contributed by atoms with E-state index in [0.29, 0.717) is 17.8 Å². The number of nitrogens with one attached hydrogen (secondary N) is 1. The molecule has 1 aliphatic heterocycles. The number of rotatable bonds is 6.